The van der Waals surface area contributed by atoms with Gasteiger partial charge in [-0.15, -0.1) is 0 Å². The Morgan fingerprint density at radius 2 is 1.61 bits per heavy atom. The predicted molar refractivity (Wildman–Crippen MR) is 104 cm³/mol. The van der Waals surface area contributed by atoms with Gasteiger partial charge in [-0.2, -0.15) is 5.26 Å². The van der Waals surface area contributed by atoms with Crippen LogP contribution < -0.4 is 0 Å². The van der Waals surface area contributed by atoms with Gasteiger partial charge in [-0.1, -0.05) is 6.07 Å². The first-order chi connectivity index (χ1) is 14.7. The fraction of sp³-hybridized carbons (Fsp3) is 0. The van der Waals surface area contributed by atoms with E-state index in [1.165, 1.54) is 12.1 Å². The smallest absolute Gasteiger partial charge is 0.208 e. The molecule has 4 rings (SSSR count). The summed E-state index contributed by atoms with van der Waals surface area (Å²) in [6, 6.07) is 10.5. The Hall–Kier alpha value is -3.77. The summed E-state index contributed by atoms with van der Waals surface area (Å²) >= 11 is 0. The number of aromatic nitrogens is 1. The molecule has 0 saturated carbocycles. The molecule has 0 aliphatic carbocycles. The molecule has 0 bridgehead atoms. The van der Waals surface area contributed by atoms with E-state index in [1.807, 2.05) is 0 Å². The van der Waals surface area contributed by atoms with Crippen LogP contribution in [0.5, 0.6) is 0 Å². The van der Waals surface area contributed by atoms with E-state index < -0.39 is 42.9 Å². The quantitative estimate of drug-likeness (QED) is 0.411. The van der Waals surface area contributed by atoms with Crippen LogP contribution in [0.3, 0.4) is 0 Å². The molecule has 0 N–H and O–H groups in total. The number of hydrogen-bond acceptors (Lipinski definition) is 4. The van der Waals surface area contributed by atoms with Crippen molar-refractivity contribution in [2.75, 3.05) is 0 Å². The number of pyridine rings is 1. The summed E-state index contributed by atoms with van der Waals surface area (Å²) in [6.45, 7) is 0. The first kappa shape index (κ1) is 20.5. The zero-order valence-corrected chi connectivity index (χ0v) is 16.2. The van der Waals surface area contributed by atoms with E-state index in [-0.39, 0.29) is 27.6 Å². The second-order valence-electron chi connectivity index (χ2n) is 6.58. The molecule has 0 radical (unpaired) electrons. The van der Waals surface area contributed by atoms with E-state index in [1.54, 1.807) is 6.07 Å². The van der Waals surface area contributed by atoms with Gasteiger partial charge in [-0.25, -0.2) is 26.0 Å². The number of nitriles is 1. The van der Waals surface area contributed by atoms with E-state index in [9.17, 15) is 26.0 Å². The number of rotatable bonds is 3. The van der Waals surface area contributed by atoms with Crippen molar-refractivity contribution in [3.05, 3.63) is 89.6 Å². The van der Waals surface area contributed by atoms with Crippen molar-refractivity contribution in [3.63, 3.8) is 0 Å². The van der Waals surface area contributed by atoms with Gasteiger partial charge in [0.15, 0.2) is 11.6 Å². The van der Waals surface area contributed by atoms with Crippen LogP contribution in [-0.2, 0) is 9.84 Å². The summed E-state index contributed by atoms with van der Waals surface area (Å²) in [5, 5.41) is 9.20. The highest BCUT2D eigenvalue weighted by molar-refractivity contribution is 7.91. The van der Waals surface area contributed by atoms with Crippen LogP contribution >= 0.6 is 0 Å². The highest BCUT2D eigenvalue weighted by Gasteiger charge is 2.26. The highest BCUT2D eigenvalue weighted by atomic mass is 32.2. The Morgan fingerprint density at radius 1 is 0.839 bits per heavy atom. The molecular formula is C22H10F4N2O2S. The van der Waals surface area contributed by atoms with E-state index in [0.717, 1.165) is 48.7 Å². The minimum atomic E-state index is -4.46. The molecule has 1 heterocycles. The Kier molecular flexibility index (Phi) is 4.95. The molecule has 0 spiro atoms. The minimum Gasteiger partial charge on any atom is -0.255 e. The van der Waals surface area contributed by atoms with Crippen molar-refractivity contribution in [3.8, 4) is 17.2 Å². The van der Waals surface area contributed by atoms with E-state index in [0.29, 0.717) is 0 Å². The van der Waals surface area contributed by atoms with Crippen LogP contribution in [0.1, 0.15) is 5.56 Å². The molecule has 0 aliphatic rings. The fourth-order valence-corrected chi connectivity index (χ4v) is 4.70. The van der Waals surface area contributed by atoms with Gasteiger partial charge in [0.2, 0.25) is 9.84 Å². The van der Waals surface area contributed by atoms with Gasteiger partial charge in [0.1, 0.15) is 11.6 Å². The topological polar surface area (TPSA) is 70.8 Å². The molecule has 0 unspecified atom stereocenters. The monoisotopic (exact) mass is 442 g/mol. The number of nitrogens with zero attached hydrogens (tertiary/aromatic N) is 2. The summed E-state index contributed by atoms with van der Waals surface area (Å²) < 4.78 is 81.7. The van der Waals surface area contributed by atoms with Crippen molar-refractivity contribution in [1.82, 2.24) is 4.98 Å². The molecule has 0 amide bonds. The fourth-order valence-electron chi connectivity index (χ4n) is 3.21. The Bertz CT molecular complexity index is 1510. The van der Waals surface area contributed by atoms with Crippen molar-refractivity contribution in [2.45, 2.75) is 9.79 Å². The third-order valence-electron chi connectivity index (χ3n) is 4.60. The predicted octanol–water partition coefficient (Wildman–Crippen LogP) is 5.16. The lowest BCUT2D eigenvalue weighted by molar-refractivity contribution is 0.509. The number of sulfone groups is 1. The normalized spacial score (nSPS) is 11.5. The molecule has 31 heavy (non-hydrogen) atoms. The average molecular weight is 442 g/mol. The maximum absolute atomic E-state index is 13.9. The second-order valence-corrected chi connectivity index (χ2v) is 8.50. The molecule has 0 aliphatic heterocycles. The summed E-state index contributed by atoms with van der Waals surface area (Å²) in [5.74, 6) is -3.93. The molecule has 4 aromatic rings. The van der Waals surface area contributed by atoms with Gasteiger partial charge in [0.25, 0.3) is 0 Å². The second kappa shape index (κ2) is 7.49. The molecular weight excluding hydrogens is 432 g/mol. The van der Waals surface area contributed by atoms with E-state index >= 15 is 0 Å². The van der Waals surface area contributed by atoms with Crippen molar-refractivity contribution >= 4 is 20.7 Å². The number of benzene rings is 3. The summed E-state index contributed by atoms with van der Waals surface area (Å²) in [5.41, 5.74) is -0.209. The van der Waals surface area contributed by atoms with Gasteiger partial charge in [-0.3, -0.25) is 4.98 Å². The average Bonchev–Trinajstić information content (AvgIpc) is 2.74. The van der Waals surface area contributed by atoms with Crippen LogP contribution in [0.4, 0.5) is 17.6 Å². The van der Waals surface area contributed by atoms with Gasteiger partial charge in [0.05, 0.1) is 26.9 Å². The molecule has 0 fully saturated rings. The number of fused-ring (bicyclic) bond motifs is 1. The minimum absolute atomic E-state index is 0.00612. The molecule has 0 saturated heterocycles. The summed E-state index contributed by atoms with van der Waals surface area (Å²) in [6.07, 6.45) is 0.935. The first-order valence-electron chi connectivity index (χ1n) is 8.70. The molecule has 154 valence electrons. The lowest BCUT2D eigenvalue weighted by Crippen LogP contribution is -2.07. The third-order valence-corrected chi connectivity index (χ3v) is 6.35. The molecule has 3 aromatic carbocycles. The van der Waals surface area contributed by atoms with Gasteiger partial charge in [0, 0.05) is 23.2 Å². The Balaban J connectivity index is 2.09. The van der Waals surface area contributed by atoms with Crippen molar-refractivity contribution in [2.24, 2.45) is 0 Å². The Labute approximate surface area is 173 Å². The van der Waals surface area contributed by atoms with Gasteiger partial charge in [-0.05, 0) is 48.0 Å². The van der Waals surface area contributed by atoms with Crippen molar-refractivity contribution in [1.29, 1.82) is 5.26 Å². The van der Waals surface area contributed by atoms with Gasteiger partial charge < -0.3 is 0 Å². The maximum atomic E-state index is 13.9. The molecule has 0 atom stereocenters. The largest absolute Gasteiger partial charge is 0.255 e. The van der Waals surface area contributed by atoms with Crippen molar-refractivity contribution < 1.29 is 26.0 Å². The van der Waals surface area contributed by atoms with Crippen LogP contribution in [0.25, 0.3) is 22.0 Å². The summed E-state index contributed by atoms with van der Waals surface area (Å²) in [4.78, 5) is 3.02. The lowest BCUT2D eigenvalue weighted by Gasteiger charge is -2.14. The zero-order chi connectivity index (χ0) is 22.3. The number of halogens is 4. The van der Waals surface area contributed by atoms with E-state index in [4.69, 9.17) is 5.26 Å². The Morgan fingerprint density at radius 3 is 2.32 bits per heavy atom. The molecule has 1 aromatic heterocycles. The van der Waals surface area contributed by atoms with Crippen LogP contribution in [0.15, 0.2) is 70.6 Å². The van der Waals surface area contributed by atoms with E-state index in [2.05, 4.69) is 4.98 Å². The summed E-state index contributed by atoms with van der Waals surface area (Å²) in [7, 11) is -4.46. The van der Waals surface area contributed by atoms with Crippen LogP contribution in [0.2, 0.25) is 0 Å². The molecule has 4 nitrogen and oxygen atoms in total. The highest BCUT2D eigenvalue weighted by Crippen LogP contribution is 2.37. The van der Waals surface area contributed by atoms with Crippen LogP contribution in [0, 0.1) is 34.6 Å². The third kappa shape index (κ3) is 3.62. The zero-order valence-electron chi connectivity index (χ0n) is 15.4. The first-order valence-corrected chi connectivity index (χ1v) is 10.2. The molecule has 9 heteroatoms. The lowest BCUT2D eigenvalue weighted by atomic mass is 10.0. The maximum Gasteiger partial charge on any atom is 0.208 e. The van der Waals surface area contributed by atoms with Gasteiger partial charge >= 0.3 is 0 Å². The standard InChI is InChI=1S/C22H10F4N2O2S/c23-14-2-3-17-20(9-14)28-11-21(22(17)13-1-4-18(25)19(26)7-13)31(29,30)16-6-12(10-27)5-15(24)8-16/h1-9,11H. The number of hydrogen-bond donors (Lipinski definition) is 0. The van der Waals surface area contributed by atoms with Crippen LogP contribution in [-0.4, -0.2) is 13.4 Å². The SMILES string of the molecule is N#Cc1cc(F)cc(S(=O)(=O)c2cnc3cc(F)ccc3c2-c2ccc(F)c(F)c2)c1.